The molecular formula is C16H26N4. The van der Waals surface area contributed by atoms with Gasteiger partial charge in [-0.3, -0.25) is 0 Å². The van der Waals surface area contributed by atoms with Crippen LogP contribution in [-0.2, 0) is 6.42 Å². The van der Waals surface area contributed by atoms with E-state index in [0.717, 1.165) is 45.0 Å². The van der Waals surface area contributed by atoms with Crippen LogP contribution in [-0.4, -0.2) is 43.2 Å². The molecule has 0 spiro atoms. The van der Waals surface area contributed by atoms with Gasteiger partial charge in [-0.2, -0.15) is 0 Å². The third-order valence-corrected chi connectivity index (χ3v) is 4.27. The lowest BCUT2D eigenvalue weighted by Gasteiger charge is -2.41. The number of anilines is 2. The van der Waals surface area contributed by atoms with Gasteiger partial charge in [-0.25, -0.2) is 4.98 Å². The number of nitrogens with zero attached hydrogens (tertiary/aromatic N) is 3. The molecule has 2 aliphatic heterocycles. The molecule has 0 aromatic carbocycles. The molecule has 0 aliphatic carbocycles. The number of nitrogens with one attached hydrogen (secondary N) is 1. The van der Waals surface area contributed by atoms with Crippen molar-refractivity contribution >= 4 is 11.5 Å². The van der Waals surface area contributed by atoms with Crippen LogP contribution in [0.25, 0.3) is 0 Å². The molecule has 1 N–H and O–H groups in total. The molecule has 0 unspecified atom stereocenters. The lowest BCUT2D eigenvalue weighted by Crippen LogP contribution is -2.45. The molecule has 110 valence electrons. The van der Waals surface area contributed by atoms with Crippen molar-refractivity contribution in [2.75, 3.05) is 42.5 Å². The predicted molar refractivity (Wildman–Crippen MR) is 84.7 cm³/mol. The first-order chi connectivity index (χ1) is 9.55. The number of piperazine rings is 1. The van der Waals surface area contributed by atoms with Gasteiger partial charge >= 0.3 is 0 Å². The summed E-state index contributed by atoms with van der Waals surface area (Å²) in [6, 6.07) is 4.48. The topological polar surface area (TPSA) is 31.4 Å². The summed E-state index contributed by atoms with van der Waals surface area (Å²) in [5.41, 5.74) is 2.79. The fourth-order valence-corrected chi connectivity index (χ4v) is 3.20. The third kappa shape index (κ3) is 2.62. The SMILES string of the molecule is CC(C)(C)N1CCCc2nc(N3CCNCC3)ccc21. The summed E-state index contributed by atoms with van der Waals surface area (Å²) in [7, 11) is 0. The lowest BCUT2D eigenvalue weighted by atomic mass is 9.98. The van der Waals surface area contributed by atoms with Crippen molar-refractivity contribution < 1.29 is 0 Å². The number of rotatable bonds is 1. The average Bonchev–Trinajstić information content (AvgIpc) is 2.46. The predicted octanol–water partition coefficient (Wildman–Crippen LogP) is 2.04. The molecule has 2 aliphatic rings. The van der Waals surface area contributed by atoms with Crippen LogP contribution in [0.4, 0.5) is 11.5 Å². The van der Waals surface area contributed by atoms with E-state index in [1.165, 1.54) is 17.8 Å². The highest BCUT2D eigenvalue weighted by Crippen LogP contribution is 2.32. The molecule has 1 saturated heterocycles. The largest absolute Gasteiger partial charge is 0.365 e. The van der Waals surface area contributed by atoms with Crippen molar-refractivity contribution in [2.45, 2.75) is 39.2 Å². The minimum absolute atomic E-state index is 0.174. The van der Waals surface area contributed by atoms with E-state index in [9.17, 15) is 0 Å². The van der Waals surface area contributed by atoms with E-state index in [1.807, 2.05) is 0 Å². The van der Waals surface area contributed by atoms with Crippen molar-refractivity contribution in [1.82, 2.24) is 10.3 Å². The Hall–Kier alpha value is -1.29. The molecule has 1 fully saturated rings. The maximum atomic E-state index is 4.96. The lowest BCUT2D eigenvalue weighted by molar-refractivity contribution is 0.480. The fourth-order valence-electron chi connectivity index (χ4n) is 3.20. The van der Waals surface area contributed by atoms with E-state index in [0.29, 0.717) is 0 Å². The summed E-state index contributed by atoms with van der Waals surface area (Å²) >= 11 is 0. The molecule has 4 nitrogen and oxygen atoms in total. The molecule has 0 atom stereocenters. The van der Waals surface area contributed by atoms with Crippen LogP contribution in [0.5, 0.6) is 0 Å². The molecular weight excluding hydrogens is 248 g/mol. The number of hydrogen-bond donors (Lipinski definition) is 1. The van der Waals surface area contributed by atoms with E-state index in [4.69, 9.17) is 4.98 Å². The van der Waals surface area contributed by atoms with Crippen LogP contribution in [0.3, 0.4) is 0 Å². The highest BCUT2D eigenvalue weighted by atomic mass is 15.2. The highest BCUT2D eigenvalue weighted by Gasteiger charge is 2.27. The van der Waals surface area contributed by atoms with Gasteiger partial charge in [0, 0.05) is 38.3 Å². The number of hydrogen-bond acceptors (Lipinski definition) is 4. The summed E-state index contributed by atoms with van der Waals surface area (Å²) < 4.78 is 0. The van der Waals surface area contributed by atoms with Gasteiger partial charge < -0.3 is 15.1 Å². The summed E-state index contributed by atoms with van der Waals surface area (Å²) in [4.78, 5) is 9.85. The Morgan fingerprint density at radius 1 is 1.10 bits per heavy atom. The molecule has 3 heterocycles. The van der Waals surface area contributed by atoms with Crippen molar-refractivity contribution in [2.24, 2.45) is 0 Å². The van der Waals surface area contributed by atoms with Crippen molar-refractivity contribution in [3.63, 3.8) is 0 Å². The molecule has 1 aromatic rings. The fraction of sp³-hybridized carbons (Fsp3) is 0.688. The normalized spacial score (nSPS) is 19.9. The van der Waals surface area contributed by atoms with Gasteiger partial charge in [0.05, 0.1) is 11.4 Å². The minimum atomic E-state index is 0.174. The molecule has 0 radical (unpaired) electrons. The Labute approximate surface area is 122 Å². The number of aryl methyl sites for hydroxylation is 1. The van der Waals surface area contributed by atoms with Crippen LogP contribution in [0, 0.1) is 0 Å². The molecule has 3 rings (SSSR count). The smallest absolute Gasteiger partial charge is 0.129 e. The molecule has 0 bridgehead atoms. The maximum Gasteiger partial charge on any atom is 0.129 e. The van der Waals surface area contributed by atoms with Crippen molar-refractivity contribution in [3.8, 4) is 0 Å². The second-order valence-electron chi connectivity index (χ2n) is 6.80. The zero-order valence-electron chi connectivity index (χ0n) is 12.9. The second kappa shape index (κ2) is 5.24. The monoisotopic (exact) mass is 274 g/mol. The van der Waals surface area contributed by atoms with E-state index in [-0.39, 0.29) is 5.54 Å². The van der Waals surface area contributed by atoms with Crippen LogP contribution >= 0.6 is 0 Å². The first-order valence-corrected chi connectivity index (χ1v) is 7.79. The first-order valence-electron chi connectivity index (χ1n) is 7.79. The Morgan fingerprint density at radius 2 is 1.85 bits per heavy atom. The van der Waals surface area contributed by atoms with Gasteiger partial charge in [0.1, 0.15) is 5.82 Å². The number of aromatic nitrogens is 1. The van der Waals surface area contributed by atoms with Gasteiger partial charge in [-0.05, 0) is 45.7 Å². The Bertz CT molecular complexity index is 472. The van der Waals surface area contributed by atoms with E-state index in [1.54, 1.807) is 0 Å². The Balaban J connectivity index is 1.88. The van der Waals surface area contributed by atoms with Crippen LogP contribution in [0.2, 0.25) is 0 Å². The molecule has 0 amide bonds. The third-order valence-electron chi connectivity index (χ3n) is 4.27. The molecule has 0 saturated carbocycles. The quantitative estimate of drug-likeness (QED) is 0.849. The Kier molecular flexibility index (Phi) is 3.59. The minimum Gasteiger partial charge on any atom is -0.365 e. The Morgan fingerprint density at radius 3 is 2.55 bits per heavy atom. The van der Waals surface area contributed by atoms with Gasteiger partial charge in [0.2, 0.25) is 0 Å². The van der Waals surface area contributed by atoms with Crippen LogP contribution in [0.1, 0.15) is 32.9 Å². The standard InChI is InChI=1S/C16H26N4/c1-16(2,3)20-10-4-5-13-14(20)6-7-15(18-13)19-11-8-17-9-12-19/h6-7,17H,4-5,8-12H2,1-3H3. The van der Waals surface area contributed by atoms with E-state index in [2.05, 4.69) is 48.0 Å². The van der Waals surface area contributed by atoms with Crippen molar-refractivity contribution in [1.29, 1.82) is 0 Å². The number of pyridine rings is 1. The summed E-state index contributed by atoms with van der Waals surface area (Å²) in [5.74, 6) is 1.15. The maximum absolute atomic E-state index is 4.96. The molecule has 4 heteroatoms. The number of fused-ring (bicyclic) bond motifs is 1. The molecule has 20 heavy (non-hydrogen) atoms. The van der Waals surface area contributed by atoms with Gasteiger partial charge in [-0.15, -0.1) is 0 Å². The van der Waals surface area contributed by atoms with Crippen LogP contribution < -0.4 is 15.1 Å². The first kappa shape index (κ1) is 13.7. The summed E-state index contributed by atoms with van der Waals surface area (Å²) in [6.07, 6.45) is 2.32. The van der Waals surface area contributed by atoms with Gasteiger partial charge in [-0.1, -0.05) is 0 Å². The highest BCUT2D eigenvalue weighted by molar-refractivity contribution is 5.58. The summed E-state index contributed by atoms with van der Waals surface area (Å²) in [6.45, 7) is 12.2. The van der Waals surface area contributed by atoms with Crippen LogP contribution in [0.15, 0.2) is 12.1 Å². The van der Waals surface area contributed by atoms with Gasteiger partial charge in [0.25, 0.3) is 0 Å². The zero-order valence-corrected chi connectivity index (χ0v) is 12.9. The zero-order chi connectivity index (χ0) is 14.2. The van der Waals surface area contributed by atoms with E-state index >= 15 is 0 Å². The average molecular weight is 274 g/mol. The van der Waals surface area contributed by atoms with E-state index < -0.39 is 0 Å². The summed E-state index contributed by atoms with van der Waals surface area (Å²) in [5, 5.41) is 3.40. The second-order valence-corrected chi connectivity index (χ2v) is 6.80. The van der Waals surface area contributed by atoms with Gasteiger partial charge in [0.15, 0.2) is 0 Å². The van der Waals surface area contributed by atoms with Crippen molar-refractivity contribution in [3.05, 3.63) is 17.8 Å². The molecule has 1 aromatic heterocycles.